The Morgan fingerprint density at radius 3 is 2.05 bits per heavy atom. The van der Waals surface area contributed by atoms with Crippen molar-refractivity contribution in [2.45, 2.75) is 38.5 Å². The Labute approximate surface area is 130 Å². The first kappa shape index (κ1) is 15.2. The SMILES string of the molecule is CC1(C)C(c2noc(-c3ccc(S(C)(=O)=O)cc3)n2)C1(C)C. The van der Waals surface area contributed by atoms with Crippen LogP contribution in [0.4, 0.5) is 0 Å². The van der Waals surface area contributed by atoms with Crippen LogP contribution < -0.4 is 0 Å². The first-order chi connectivity index (χ1) is 10.0. The molecule has 1 aromatic heterocycles. The molecule has 0 bridgehead atoms. The van der Waals surface area contributed by atoms with Crippen molar-refractivity contribution in [3.8, 4) is 11.5 Å². The lowest BCUT2D eigenvalue weighted by Gasteiger charge is -2.03. The average Bonchev–Trinajstić information content (AvgIpc) is 2.77. The van der Waals surface area contributed by atoms with Gasteiger partial charge in [0.25, 0.3) is 5.89 Å². The summed E-state index contributed by atoms with van der Waals surface area (Å²) in [5.41, 5.74) is 1.02. The summed E-state index contributed by atoms with van der Waals surface area (Å²) in [5, 5.41) is 4.11. The van der Waals surface area contributed by atoms with E-state index in [1.165, 1.54) is 6.26 Å². The highest BCUT2D eigenvalue weighted by atomic mass is 32.2. The molecule has 0 saturated heterocycles. The number of nitrogens with zero attached hydrogens (tertiary/aromatic N) is 2. The molecule has 0 amide bonds. The third kappa shape index (κ3) is 2.17. The summed E-state index contributed by atoms with van der Waals surface area (Å²) in [4.78, 5) is 4.78. The van der Waals surface area contributed by atoms with Crippen molar-refractivity contribution >= 4 is 9.84 Å². The zero-order valence-corrected chi connectivity index (χ0v) is 14.2. The molecule has 118 valence electrons. The maximum absolute atomic E-state index is 11.5. The Hall–Kier alpha value is -1.69. The Bertz CT molecular complexity index is 803. The van der Waals surface area contributed by atoms with Crippen LogP contribution in [0.3, 0.4) is 0 Å². The second kappa shape index (κ2) is 4.41. The normalized spacial score (nSPS) is 20.0. The monoisotopic (exact) mass is 320 g/mol. The Kier molecular flexibility index (Phi) is 3.05. The van der Waals surface area contributed by atoms with E-state index in [0.29, 0.717) is 5.89 Å². The number of hydrogen-bond acceptors (Lipinski definition) is 5. The fraction of sp³-hybridized carbons (Fsp3) is 0.500. The molecule has 2 aromatic rings. The van der Waals surface area contributed by atoms with Crippen molar-refractivity contribution in [3.05, 3.63) is 30.1 Å². The summed E-state index contributed by atoms with van der Waals surface area (Å²) >= 11 is 0. The van der Waals surface area contributed by atoms with Crippen LogP contribution in [0.5, 0.6) is 0 Å². The third-order valence-electron chi connectivity index (χ3n) is 5.25. The number of aromatic nitrogens is 2. The predicted octanol–water partition coefficient (Wildman–Crippen LogP) is 3.29. The first-order valence-electron chi connectivity index (χ1n) is 7.19. The van der Waals surface area contributed by atoms with Crippen molar-refractivity contribution < 1.29 is 12.9 Å². The van der Waals surface area contributed by atoms with Gasteiger partial charge < -0.3 is 4.52 Å². The van der Waals surface area contributed by atoms with Crippen molar-refractivity contribution in [2.24, 2.45) is 10.8 Å². The minimum absolute atomic E-state index is 0.147. The highest BCUT2D eigenvalue weighted by molar-refractivity contribution is 7.90. The van der Waals surface area contributed by atoms with Crippen LogP contribution in [0.2, 0.25) is 0 Å². The standard InChI is InChI=1S/C16H20N2O3S/c1-15(2)12(16(15,3)4)13-17-14(21-18-13)10-6-8-11(9-7-10)22(5,19)20/h6-9,12H,1-5H3. The molecule has 0 unspecified atom stereocenters. The van der Waals surface area contributed by atoms with Gasteiger partial charge in [-0.2, -0.15) is 4.98 Å². The van der Waals surface area contributed by atoms with Gasteiger partial charge in [0.15, 0.2) is 15.7 Å². The van der Waals surface area contributed by atoms with Crippen LogP contribution in [-0.2, 0) is 9.84 Å². The molecule has 0 atom stereocenters. The van der Waals surface area contributed by atoms with Crippen LogP contribution in [0, 0.1) is 10.8 Å². The fourth-order valence-electron chi connectivity index (χ4n) is 3.16. The minimum atomic E-state index is -3.20. The molecule has 6 heteroatoms. The molecule has 0 N–H and O–H groups in total. The first-order valence-corrected chi connectivity index (χ1v) is 9.08. The molecule has 1 aromatic carbocycles. The summed E-state index contributed by atoms with van der Waals surface area (Å²) in [6.07, 6.45) is 1.18. The van der Waals surface area contributed by atoms with Gasteiger partial charge in [-0.15, -0.1) is 0 Å². The Morgan fingerprint density at radius 2 is 1.59 bits per heavy atom. The summed E-state index contributed by atoms with van der Waals surface area (Å²) in [5.74, 6) is 1.42. The van der Waals surface area contributed by atoms with Gasteiger partial charge in [-0.05, 0) is 35.1 Å². The maximum atomic E-state index is 11.5. The van der Waals surface area contributed by atoms with Gasteiger partial charge in [0, 0.05) is 17.7 Å². The van der Waals surface area contributed by atoms with E-state index >= 15 is 0 Å². The maximum Gasteiger partial charge on any atom is 0.257 e. The zero-order valence-electron chi connectivity index (χ0n) is 13.4. The topological polar surface area (TPSA) is 73.1 Å². The van der Waals surface area contributed by atoms with Gasteiger partial charge in [0.1, 0.15) is 0 Å². The van der Waals surface area contributed by atoms with E-state index < -0.39 is 9.84 Å². The van der Waals surface area contributed by atoms with Gasteiger partial charge in [-0.25, -0.2) is 8.42 Å². The van der Waals surface area contributed by atoms with E-state index in [9.17, 15) is 8.42 Å². The highest BCUT2D eigenvalue weighted by Gasteiger charge is 2.67. The molecular formula is C16H20N2O3S. The van der Waals surface area contributed by atoms with Gasteiger partial charge >= 0.3 is 0 Å². The molecule has 5 nitrogen and oxygen atoms in total. The smallest absolute Gasteiger partial charge is 0.257 e. The molecule has 0 radical (unpaired) electrons. The number of rotatable bonds is 3. The van der Waals surface area contributed by atoms with Gasteiger partial charge in [-0.1, -0.05) is 32.9 Å². The van der Waals surface area contributed by atoms with Crippen LogP contribution in [0.15, 0.2) is 33.7 Å². The highest BCUT2D eigenvalue weighted by Crippen LogP contribution is 2.73. The molecular weight excluding hydrogens is 300 g/mol. The summed E-state index contributed by atoms with van der Waals surface area (Å²) in [7, 11) is -3.20. The molecule has 0 aliphatic heterocycles. The molecule has 3 rings (SSSR count). The second-order valence-electron chi connectivity index (χ2n) is 7.13. The van der Waals surface area contributed by atoms with Crippen LogP contribution >= 0.6 is 0 Å². The van der Waals surface area contributed by atoms with Crippen molar-refractivity contribution in [1.29, 1.82) is 0 Å². The average molecular weight is 320 g/mol. The minimum Gasteiger partial charge on any atom is -0.334 e. The Balaban J connectivity index is 1.89. The lowest BCUT2D eigenvalue weighted by Crippen LogP contribution is -1.96. The van der Waals surface area contributed by atoms with Crippen LogP contribution in [-0.4, -0.2) is 24.8 Å². The second-order valence-corrected chi connectivity index (χ2v) is 9.15. The summed E-state index contributed by atoms with van der Waals surface area (Å²) in [6, 6.07) is 6.49. The van der Waals surface area contributed by atoms with E-state index in [2.05, 4.69) is 37.8 Å². The van der Waals surface area contributed by atoms with E-state index in [1.54, 1.807) is 24.3 Å². The van der Waals surface area contributed by atoms with E-state index in [1.807, 2.05) is 0 Å². The van der Waals surface area contributed by atoms with Crippen molar-refractivity contribution in [3.63, 3.8) is 0 Å². The molecule has 1 heterocycles. The predicted molar refractivity (Wildman–Crippen MR) is 83.1 cm³/mol. The van der Waals surface area contributed by atoms with Gasteiger partial charge in [0.05, 0.1) is 4.90 Å². The molecule has 1 saturated carbocycles. The molecule has 0 spiro atoms. The van der Waals surface area contributed by atoms with Crippen molar-refractivity contribution in [1.82, 2.24) is 10.1 Å². The Morgan fingerprint density at radius 1 is 1.05 bits per heavy atom. The summed E-state index contributed by atoms with van der Waals surface area (Å²) < 4.78 is 28.3. The number of benzene rings is 1. The third-order valence-corrected chi connectivity index (χ3v) is 6.38. The van der Waals surface area contributed by atoms with E-state index in [4.69, 9.17) is 4.52 Å². The van der Waals surface area contributed by atoms with E-state index in [-0.39, 0.29) is 21.6 Å². The summed E-state index contributed by atoms with van der Waals surface area (Å²) in [6.45, 7) is 8.81. The van der Waals surface area contributed by atoms with Gasteiger partial charge in [0.2, 0.25) is 0 Å². The van der Waals surface area contributed by atoms with Crippen LogP contribution in [0.25, 0.3) is 11.5 Å². The molecule has 1 aliphatic rings. The fourth-order valence-corrected chi connectivity index (χ4v) is 3.79. The quantitative estimate of drug-likeness (QED) is 0.867. The lowest BCUT2D eigenvalue weighted by molar-refractivity contribution is 0.419. The largest absolute Gasteiger partial charge is 0.334 e. The molecule has 1 aliphatic carbocycles. The zero-order chi connectivity index (χ0) is 16.3. The number of sulfone groups is 1. The van der Waals surface area contributed by atoms with Crippen molar-refractivity contribution in [2.75, 3.05) is 6.26 Å². The molecule has 1 fully saturated rings. The number of hydrogen-bond donors (Lipinski definition) is 0. The molecule has 22 heavy (non-hydrogen) atoms. The van der Waals surface area contributed by atoms with Crippen LogP contribution in [0.1, 0.15) is 39.4 Å². The van der Waals surface area contributed by atoms with Gasteiger partial charge in [-0.3, -0.25) is 0 Å². The van der Waals surface area contributed by atoms with E-state index in [0.717, 1.165) is 11.4 Å². The lowest BCUT2D eigenvalue weighted by atomic mass is 10.0.